The summed E-state index contributed by atoms with van der Waals surface area (Å²) in [6.45, 7) is 3.95. The maximum absolute atomic E-state index is 10.4. The average Bonchev–Trinajstić information content (AvgIpc) is 2.41. The monoisotopic (exact) mass is 264 g/mol. The first-order valence-corrected chi connectivity index (χ1v) is 6.44. The van der Waals surface area contributed by atoms with E-state index in [9.17, 15) is 4.79 Å². The quantitative estimate of drug-likeness (QED) is 0.550. The SMILES string of the molecule is CCCCOCCOc1cccc(C=CC(=O)O)c1. The van der Waals surface area contributed by atoms with Crippen LogP contribution in [0.4, 0.5) is 0 Å². The molecule has 0 heterocycles. The summed E-state index contributed by atoms with van der Waals surface area (Å²) in [5.74, 6) is -0.248. The molecule has 1 aromatic carbocycles. The summed E-state index contributed by atoms with van der Waals surface area (Å²) in [5.41, 5.74) is 0.798. The van der Waals surface area contributed by atoms with Gasteiger partial charge in [-0.25, -0.2) is 4.79 Å². The highest BCUT2D eigenvalue weighted by Crippen LogP contribution is 2.14. The average molecular weight is 264 g/mol. The number of carboxylic acid groups (broad SMARTS) is 1. The highest BCUT2D eigenvalue weighted by Gasteiger charge is 1.96. The maximum Gasteiger partial charge on any atom is 0.328 e. The van der Waals surface area contributed by atoms with Crippen LogP contribution in [0.5, 0.6) is 5.75 Å². The van der Waals surface area contributed by atoms with E-state index in [1.54, 1.807) is 6.07 Å². The minimum absolute atomic E-state index is 0.496. The lowest BCUT2D eigenvalue weighted by Gasteiger charge is -2.07. The van der Waals surface area contributed by atoms with Crippen LogP contribution in [0.2, 0.25) is 0 Å². The Balaban J connectivity index is 2.34. The van der Waals surface area contributed by atoms with Gasteiger partial charge in [0.25, 0.3) is 0 Å². The zero-order valence-electron chi connectivity index (χ0n) is 11.2. The summed E-state index contributed by atoms with van der Waals surface area (Å²) in [5, 5.41) is 8.55. The van der Waals surface area contributed by atoms with Gasteiger partial charge < -0.3 is 14.6 Å². The summed E-state index contributed by atoms with van der Waals surface area (Å²) < 4.78 is 10.9. The summed E-state index contributed by atoms with van der Waals surface area (Å²) >= 11 is 0. The molecule has 0 saturated heterocycles. The molecule has 1 rings (SSSR count). The highest BCUT2D eigenvalue weighted by atomic mass is 16.5. The van der Waals surface area contributed by atoms with Crippen molar-refractivity contribution in [2.75, 3.05) is 19.8 Å². The molecule has 0 atom stereocenters. The number of carbonyl (C=O) groups is 1. The normalized spacial score (nSPS) is 10.8. The molecule has 4 nitrogen and oxygen atoms in total. The number of aliphatic carboxylic acids is 1. The number of carboxylic acids is 1. The van der Waals surface area contributed by atoms with Gasteiger partial charge in [-0.3, -0.25) is 0 Å². The van der Waals surface area contributed by atoms with Crippen LogP contribution in [0, 0.1) is 0 Å². The van der Waals surface area contributed by atoms with Gasteiger partial charge >= 0.3 is 5.97 Å². The van der Waals surface area contributed by atoms with Crippen LogP contribution < -0.4 is 4.74 Å². The minimum atomic E-state index is -0.962. The van der Waals surface area contributed by atoms with Crippen LogP contribution in [-0.2, 0) is 9.53 Å². The van der Waals surface area contributed by atoms with Gasteiger partial charge in [0.2, 0.25) is 0 Å². The second-order valence-electron chi connectivity index (χ2n) is 4.06. The predicted molar refractivity (Wildman–Crippen MR) is 74.3 cm³/mol. The molecular formula is C15H20O4. The molecule has 0 aliphatic heterocycles. The zero-order chi connectivity index (χ0) is 13.9. The molecular weight excluding hydrogens is 244 g/mol. The first kappa shape index (κ1) is 15.2. The van der Waals surface area contributed by atoms with E-state index in [2.05, 4.69) is 6.92 Å². The van der Waals surface area contributed by atoms with Crippen LogP contribution in [0.1, 0.15) is 25.3 Å². The van der Waals surface area contributed by atoms with E-state index in [0.29, 0.717) is 19.0 Å². The first-order chi connectivity index (χ1) is 9.22. The number of hydrogen-bond donors (Lipinski definition) is 1. The third-order valence-corrected chi connectivity index (χ3v) is 2.42. The Bertz CT molecular complexity index is 412. The van der Waals surface area contributed by atoms with E-state index in [1.807, 2.05) is 18.2 Å². The first-order valence-electron chi connectivity index (χ1n) is 6.44. The Morgan fingerprint density at radius 3 is 2.89 bits per heavy atom. The van der Waals surface area contributed by atoms with Gasteiger partial charge in [0.15, 0.2) is 0 Å². The van der Waals surface area contributed by atoms with Crippen LogP contribution in [0.25, 0.3) is 6.08 Å². The lowest BCUT2D eigenvalue weighted by molar-refractivity contribution is -0.131. The second kappa shape index (κ2) is 9.16. The third kappa shape index (κ3) is 7.26. The second-order valence-corrected chi connectivity index (χ2v) is 4.06. The molecule has 1 aromatic rings. The van der Waals surface area contributed by atoms with Crippen molar-refractivity contribution in [3.63, 3.8) is 0 Å². The lowest BCUT2D eigenvalue weighted by Crippen LogP contribution is -2.07. The van der Waals surface area contributed by atoms with E-state index in [-0.39, 0.29) is 0 Å². The van der Waals surface area contributed by atoms with Crippen LogP contribution in [0.15, 0.2) is 30.3 Å². The third-order valence-electron chi connectivity index (χ3n) is 2.42. The number of ether oxygens (including phenoxy) is 2. The van der Waals surface area contributed by atoms with E-state index in [4.69, 9.17) is 14.6 Å². The Kier molecular flexibility index (Phi) is 7.35. The van der Waals surface area contributed by atoms with Crippen LogP contribution >= 0.6 is 0 Å². The number of unbranched alkanes of at least 4 members (excludes halogenated alkanes) is 1. The molecule has 19 heavy (non-hydrogen) atoms. The fourth-order valence-corrected chi connectivity index (χ4v) is 1.44. The van der Waals surface area contributed by atoms with E-state index in [1.165, 1.54) is 6.08 Å². The van der Waals surface area contributed by atoms with Crippen molar-refractivity contribution < 1.29 is 19.4 Å². The van der Waals surface area contributed by atoms with Crippen molar-refractivity contribution in [1.82, 2.24) is 0 Å². The molecule has 0 aromatic heterocycles. The van der Waals surface area contributed by atoms with Gasteiger partial charge in [-0.15, -0.1) is 0 Å². The van der Waals surface area contributed by atoms with Crippen molar-refractivity contribution in [1.29, 1.82) is 0 Å². The van der Waals surface area contributed by atoms with Crippen molar-refractivity contribution >= 4 is 12.0 Å². The fourth-order valence-electron chi connectivity index (χ4n) is 1.44. The summed E-state index contributed by atoms with van der Waals surface area (Å²) in [4.78, 5) is 10.4. The molecule has 0 saturated carbocycles. The van der Waals surface area contributed by atoms with Gasteiger partial charge in [0, 0.05) is 12.7 Å². The Labute approximate surface area is 113 Å². The van der Waals surface area contributed by atoms with Crippen molar-refractivity contribution in [2.45, 2.75) is 19.8 Å². The zero-order valence-corrected chi connectivity index (χ0v) is 11.2. The summed E-state index contributed by atoms with van der Waals surface area (Å²) in [7, 11) is 0. The number of rotatable bonds is 9. The Morgan fingerprint density at radius 2 is 2.16 bits per heavy atom. The van der Waals surface area contributed by atoms with Gasteiger partial charge in [-0.05, 0) is 30.2 Å². The van der Waals surface area contributed by atoms with E-state index in [0.717, 1.165) is 31.1 Å². The molecule has 0 aliphatic carbocycles. The van der Waals surface area contributed by atoms with Crippen LogP contribution in [0.3, 0.4) is 0 Å². The Morgan fingerprint density at radius 1 is 1.32 bits per heavy atom. The molecule has 104 valence electrons. The minimum Gasteiger partial charge on any atom is -0.491 e. The van der Waals surface area contributed by atoms with Crippen molar-refractivity contribution in [2.24, 2.45) is 0 Å². The van der Waals surface area contributed by atoms with Crippen molar-refractivity contribution in [3.8, 4) is 5.75 Å². The standard InChI is InChI=1S/C15H20O4/c1-2-3-9-18-10-11-19-14-6-4-5-13(12-14)7-8-15(16)17/h4-8,12H,2-3,9-11H2,1H3,(H,16,17). The van der Waals surface area contributed by atoms with Gasteiger partial charge in [-0.1, -0.05) is 25.5 Å². The smallest absolute Gasteiger partial charge is 0.328 e. The molecule has 0 aliphatic rings. The van der Waals surface area contributed by atoms with Gasteiger partial charge in [0.05, 0.1) is 6.61 Å². The van der Waals surface area contributed by atoms with Crippen LogP contribution in [-0.4, -0.2) is 30.9 Å². The Hall–Kier alpha value is -1.81. The highest BCUT2D eigenvalue weighted by molar-refractivity contribution is 5.85. The molecule has 1 N–H and O–H groups in total. The van der Waals surface area contributed by atoms with Crippen molar-refractivity contribution in [3.05, 3.63) is 35.9 Å². The largest absolute Gasteiger partial charge is 0.491 e. The maximum atomic E-state index is 10.4. The topological polar surface area (TPSA) is 55.8 Å². The lowest BCUT2D eigenvalue weighted by atomic mass is 10.2. The predicted octanol–water partition coefficient (Wildman–Crippen LogP) is 2.98. The number of hydrogen-bond acceptors (Lipinski definition) is 3. The molecule has 0 amide bonds. The number of benzene rings is 1. The van der Waals surface area contributed by atoms with Gasteiger partial charge in [0.1, 0.15) is 12.4 Å². The summed E-state index contributed by atoms with van der Waals surface area (Å²) in [6, 6.07) is 7.29. The summed E-state index contributed by atoms with van der Waals surface area (Å²) in [6.07, 6.45) is 4.83. The van der Waals surface area contributed by atoms with E-state index < -0.39 is 5.97 Å². The molecule has 0 radical (unpaired) electrons. The molecule has 0 unspecified atom stereocenters. The van der Waals surface area contributed by atoms with Gasteiger partial charge in [-0.2, -0.15) is 0 Å². The molecule has 4 heteroatoms. The van der Waals surface area contributed by atoms with E-state index >= 15 is 0 Å². The fraction of sp³-hybridized carbons (Fsp3) is 0.400. The molecule has 0 fully saturated rings. The molecule has 0 bridgehead atoms. The molecule has 0 spiro atoms.